The van der Waals surface area contributed by atoms with E-state index < -0.39 is 6.09 Å². The van der Waals surface area contributed by atoms with Crippen molar-refractivity contribution in [3.05, 3.63) is 94.5 Å². The second kappa shape index (κ2) is 8.89. The molecule has 0 saturated carbocycles. The molecule has 4 heteroatoms. The zero-order valence-electron chi connectivity index (χ0n) is 17.6. The first-order valence-electron chi connectivity index (χ1n) is 10.2. The number of aryl methyl sites for hydroxylation is 1. The molecule has 154 valence electrons. The lowest BCUT2D eigenvalue weighted by molar-refractivity contribution is 0.101. The first kappa shape index (κ1) is 20.4. The Labute approximate surface area is 182 Å². The highest BCUT2D eigenvalue weighted by molar-refractivity contribution is 5.95. The summed E-state index contributed by atoms with van der Waals surface area (Å²) >= 11 is 0. The summed E-state index contributed by atoms with van der Waals surface area (Å²) in [6.07, 6.45) is -0.487. The van der Waals surface area contributed by atoms with E-state index in [1.807, 2.05) is 43.3 Å². The van der Waals surface area contributed by atoms with Crippen LogP contribution < -0.4 is 5.32 Å². The minimum atomic E-state index is -0.487. The van der Waals surface area contributed by atoms with E-state index >= 15 is 0 Å². The van der Waals surface area contributed by atoms with Gasteiger partial charge in [-0.25, -0.2) is 4.79 Å². The number of benzene rings is 3. The predicted octanol–water partition coefficient (Wildman–Crippen LogP) is 5.09. The lowest BCUT2D eigenvalue weighted by Crippen LogP contribution is -2.26. The highest BCUT2D eigenvalue weighted by Crippen LogP contribution is 2.44. The third-order valence-corrected chi connectivity index (χ3v) is 5.50. The van der Waals surface area contributed by atoms with Crippen LogP contribution in [0.25, 0.3) is 11.1 Å². The van der Waals surface area contributed by atoms with Gasteiger partial charge in [-0.05, 0) is 59.9 Å². The molecule has 4 rings (SSSR count). The van der Waals surface area contributed by atoms with Gasteiger partial charge < -0.3 is 10.1 Å². The summed E-state index contributed by atoms with van der Waals surface area (Å²) < 4.78 is 5.50. The van der Waals surface area contributed by atoms with Crippen LogP contribution in [0.1, 0.15) is 45.5 Å². The number of alkyl carbamates (subject to hydrolysis) is 1. The van der Waals surface area contributed by atoms with E-state index in [4.69, 9.17) is 4.74 Å². The maximum atomic E-state index is 12.2. The van der Waals surface area contributed by atoms with E-state index in [1.54, 1.807) is 13.0 Å². The SMILES string of the molecule is CC(=O)c1ccc(C#CCNC(=O)OCC2c3ccccc3-c3ccccc32)cc1C. The van der Waals surface area contributed by atoms with Crippen LogP contribution in [0.2, 0.25) is 0 Å². The van der Waals surface area contributed by atoms with Gasteiger partial charge in [0.2, 0.25) is 0 Å². The van der Waals surface area contributed by atoms with Crippen LogP contribution in [0, 0.1) is 18.8 Å². The van der Waals surface area contributed by atoms with Crippen molar-refractivity contribution in [1.29, 1.82) is 0 Å². The molecular weight excluding hydrogens is 386 g/mol. The molecule has 0 atom stereocenters. The van der Waals surface area contributed by atoms with Crippen LogP contribution in [0.15, 0.2) is 66.7 Å². The molecule has 1 aliphatic rings. The maximum absolute atomic E-state index is 12.2. The van der Waals surface area contributed by atoms with Crippen molar-refractivity contribution < 1.29 is 14.3 Å². The van der Waals surface area contributed by atoms with E-state index in [-0.39, 0.29) is 24.9 Å². The maximum Gasteiger partial charge on any atom is 0.407 e. The van der Waals surface area contributed by atoms with Gasteiger partial charge in [-0.3, -0.25) is 4.79 Å². The summed E-state index contributed by atoms with van der Waals surface area (Å²) in [5.74, 6) is 5.99. The molecule has 0 aromatic heterocycles. The Bertz CT molecular complexity index is 1170. The first-order valence-corrected chi connectivity index (χ1v) is 10.2. The Morgan fingerprint density at radius 1 is 0.968 bits per heavy atom. The first-order chi connectivity index (χ1) is 15.0. The van der Waals surface area contributed by atoms with E-state index in [2.05, 4.69) is 41.4 Å². The van der Waals surface area contributed by atoms with Gasteiger partial charge in [0.05, 0.1) is 6.54 Å². The third kappa shape index (κ3) is 4.36. The summed E-state index contributed by atoms with van der Waals surface area (Å²) in [6, 6.07) is 21.9. The van der Waals surface area contributed by atoms with Gasteiger partial charge in [0.1, 0.15) is 6.61 Å². The van der Waals surface area contributed by atoms with E-state index in [0.29, 0.717) is 5.56 Å². The molecule has 0 aliphatic heterocycles. The second-order valence-corrected chi connectivity index (χ2v) is 7.57. The Kier molecular flexibility index (Phi) is 5.86. The molecule has 1 N–H and O–H groups in total. The van der Waals surface area contributed by atoms with Crippen molar-refractivity contribution >= 4 is 11.9 Å². The Balaban J connectivity index is 1.34. The fourth-order valence-corrected chi connectivity index (χ4v) is 4.05. The van der Waals surface area contributed by atoms with Gasteiger partial charge in [0.15, 0.2) is 5.78 Å². The number of carbonyl (C=O) groups excluding carboxylic acids is 2. The molecule has 0 radical (unpaired) electrons. The van der Waals surface area contributed by atoms with Gasteiger partial charge in [0, 0.05) is 17.0 Å². The summed E-state index contributed by atoms with van der Waals surface area (Å²) in [4.78, 5) is 23.7. The number of amides is 1. The van der Waals surface area contributed by atoms with Crippen LogP contribution in [0.4, 0.5) is 4.79 Å². The van der Waals surface area contributed by atoms with Gasteiger partial charge in [-0.15, -0.1) is 0 Å². The van der Waals surface area contributed by atoms with Crippen molar-refractivity contribution in [1.82, 2.24) is 5.32 Å². The molecule has 1 amide bonds. The molecule has 0 bridgehead atoms. The van der Waals surface area contributed by atoms with Gasteiger partial charge >= 0.3 is 6.09 Å². The molecule has 3 aromatic rings. The molecule has 4 nitrogen and oxygen atoms in total. The fourth-order valence-electron chi connectivity index (χ4n) is 4.05. The summed E-state index contributed by atoms with van der Waals surface area (Å²) in [7, 11) is 0. The molecular formula is C27H23NO3. The Hall–Kier alpha value is -3.84. The van der Waals surface area contributed by atoms with Gasteiger partial charge in [-0.1, -0.05) is 60.4 Å². The van der Waals surface area contributed by atoms with Crippen LogP contribution in [0.3, 0.4) is 0 Å². The average molecular weight is 409 g/mol. The molecule has 0 heterocycles. The largest absolute Gasteiger partial charge is 0.449 e. The smallest absolute Gasteiger partial charge is 0.407 e. The van der Waals surface area contributed by atoms with Crippen molar-refractivity contribution in [2.75, 3.05) is 13.2 Å². The zero-order valence-corrected chi connectivity index (χ0v) is 17.6. The Morgan fingerprint density at radius 3 is 2.23 bits per heavy atom. The number of fused-ring (bicyclic) bond motifs is 3. The number of hydrogen-bond acceptors (Lipinski definition) is 3. The number of hydrogen-bond donors (Lipinski definition) is 1. The lowest BCUT2D eigenvalue weighted by Gasteiger charge is -2.14. The van der Waals surface area contributed by atoms with Crippen molar-refractivity contribution in [3.63, 3.8) is 0 Å². The van der Waals surface area contributed by atoms with E-state index in [0.717, 1.165) is 11.1 Å². The van der Waals surface area contributed by atoms with Crippen LogP contribution in [-0.4, -0.2) is 25.0 Å². The normalized spacial score (nSPS) is 11.7. The van der Waals surface area contributed by atoms with E-state index in [1.165, 1.54) is 22.3 Å². The topological polar surface area (TPSA) is 55.4 Å². The number of Topliss-reactive ketones (excluding diaryl/α,β-unsaturated/α-hetero) is 1. The quantitative estimate of drug-likeness (QED) is 0.482. The Morgan fingerprint density at radius 2 is 1.61 bits per heavy atom. The summed E-state index contributed by atoms with van der Waals surface area (Å²) in [5.41, 5.74) is 7.15. The standard InChI is InChI=1S/C27H23NO3/c1-18-16-20(13-14-21(18)19(2)29)8-7-15-28-27(30)31-17-26-24-11-5-3-9-22(24)23-10-4-6-12-25(23)26/h3-6,9-14,16,26H,15,17H2,1-2H3,(H,28,30). The molecule has 31 heavy (non-hydrogen) atoms. The van der Waals surface area contributed by atoms with Gasteiger partial charge in [0.25, 0.3) is 0 Å². The lowest BCUT2D eigenvalue weighted by atomic mass is 9.98. The molecule has 3 aromatic carbocycles. The van der Waals surface area contributed by atoms with Crippen LogP contribution in [-0.2, 0) is 4.74 Å². The molecule has 0 spiro atoms. The number of rotatable bonds is 4. The van der Waals surface area contributed by atoms with Crippen molar-refractivity contribution in [3.8, 4) is 23.0 Å². The minimum absolute atomic E-state index is 0.0343. The van der Waals surface area contributed by atoms with Crippen LogP contribution in [0.5, 0.6) is 0 Å². The number of ether oxygens (including phenoxy) is 1. The molecule has 0 unspecified atom stereocenters. The molecule has 0 fully saturated rings. The minimum Gasteiger partial charge on any atom is -0.449 e. The predicted molar refractivity (Wildman–Crippen MR) is 121 cm³/mol. The van der Waals surface area contributed by atoms with Gasteiger partial charge in [-0.2, -0.15) is 0 Å². The highest BCUT2D eigenvalue weighted by Gasteiger charge is 2.28. The number of ketones is 1. The van der Waals surface area contributed by atoms with Crippen molar-refractivity contribution in [2.45, 2.75) is 19.8 Å². The van der Waals surface area contributed by atoms with Crippen LogP contribution >= 0.6 is 0 Å². The monoisotopic (exact) mass is 409 g/mol. The molecule has 1 aliphatic carbocycles. The fraction of sp³-hybridized carbons (Fsp3) is 0.185. The molecule has 0 saturated heterocycles. The third-order valence-electron chi connectivity index (χ3n) is 5.50. The highest BCUT2D eigenvalue weighted by atomic mass is 16.5. The second-order valence-electron chi connectivity index (χ2n) is 7.57. The zero-order chi connectivity index (χ0) is 21.8. The summed E-state index contributed by atoms with van der Waals surface area (Å²) in [5, 5.41) is 2.68. The number of nitrogens with one attached hydrogen (secondary N) is 1. The van der Waals surface area contributed by atoms with E-state index in [9.17, 15) is 9.59 Å². The number of carbonyl (C=O) groups is 2. The average Bonchev–Trinajstić information content (AvgIpc) is 3.09. The summed E-state index contributed by atoms with van der Waals surface area (Å²) in [6.45, 7) is 3.89. The van der Waals surface area contributed by atoms with Crippen molar-refractivity contribution in [2.24, 2.45) is 0 Å².